The minimum absolute atomic E-state index is 0.0577. The maximum absolute atomic E-state index is 12.0. The first-order valence-corrected chi connectivity index (χ1v) is 7.22. The molecule has 20 heavy (non-hydrogen) atoms. The van der Waals surface area contributed by atoms with E-state index in [-0.39, 0.29) is 27.5 Å². The van der Waals surface area contributed by atoms with Gasteiger partial charge in [-0.25, -0.2) is 4.98 Å². The molecule has 4 N–H and O–H groups in total. The van der Waals surface area contributed by atoms with Crippen LogP contribution < -0.4 is 11.1 Å². The molecule has 0 saturated heterocycles. The van der Waals surface area contributed by atoms with Crippen LogP contribution in [0.2, 0.25) is 10.0 Å². The molecule has 8 heteroatoms. The number of rotatable bonds is 3. The zero-order chi connectivity index (χ0) is 14.9. The van der Waals surface area contributed by atoms with E-state index in [1.54, 1.807) is 12.3 Å². The normalized spacial score (nSPS) is 12.2. The van der Waals surface area contributed by atoms with Gasteiger partial charge in [0.2, 0.25) is 0 Å². The molecule has 0 radical (unpaired) electrons. The average molecular weight is 332 g/mol. The van der Waals surface area contributed by atoms with Gasteiger partial charge in [0.1, 0.15) is 10.7 Å². The minimum atomic E-state index is -0.397. The van der Waals surface area contributed by atoms with Crippen molar-refractivity contribution in [2.75, 3.05) is 5.32 Å². The minimum Gasteiger partial charge on any atom is -0.505 e. The van der Waals surface area contributed by atoms with E-state index in [4.69, 9.17) is 28.9 Å². The van der Waals surface area contributed by atoms with E-state index in [9.17, 15) is 9.90 Å². The molecule has 1 heterocycles. The number of nitrogens with two attached hydrogens (primary N) is 1. The first kappa shape index (κ1) is 15.1. The van der Waals surface area contributed by atoms with Gasteiger partial charge in [0, 0.05) is 11.1 Å². The number of thiazole rings is 1. The molecule has 1 unspecified atom stereocenters. The standard InChI is InChI=1S/C12H11Cl2N3O2S/c1-5(15)12-17-9(4-20-12)11(19)16-6-2-7(13)10(18)8(14)3-6/h2-5,18H,15H2,1H3,(H,16,19). The summed E-state index contributed by atoms with van der Waals surface area (Å²) in [6.07, 6.45) is 0. The van der Waals surface area contributed by atoms with Crippen molar-refractivity contribution in [3.05, 3.63) is 38.3 Å². The Morgan fingerprint density at radius 1 is 1.45 bits per heavy atom. The van der Waals surface area contributed by atoms with Crippen LogP contribution in [-0.4, -0.2) is 16.0 Å². The predicted molar refractivity (Wildman–Crippen MR) is 80.8 cm³/mol. The van der Waals surface area contributed by atoms with Gasteiger partial charge in [0.25, 0.3) is 5.91 Å². The zero-order valence-electron chi connectivity index (χ0n) is 10.4. The number of hydrogen-bond donors (Lipinski definition) is 3. The van der Waals surface area contributed by atoms with E-state index in [1.165, 1.54) is 23.5 Å². The molecule has 0 bridgehead atoms. The van der Waals surface area contributed by atoms with Gasteiger partial charge in [-0.3, -0.25) is 4.79 Å². The largest absolute Gasteiger partial charge is 0.505 e. The van der Waals surface area contributed by atoms with Gasteiger partial charge in [-0.2, -0.15) is 0 Å². The van der Waals surface area contributed by atoms with Crippen LogP contribution in [0.15, 0.2) is 17.5 Å². The smallest absolute Gasteiger partial charge is 0.275 e. The summed E-state index contributed by atoms with van der Waals surface area (Å²) in [6.45, 7) is 1.79. The van der Waals surface area contributed by atoms with Crippen molar-refractivity contribution in [3.63, 3.8) is 0 Å². The molecule has 0 fully saturated rings. The number of aromatic nitrogens is 1. The third-order valence-corrected chi connectivity index (χ3v) is 4.04. The molecule has 1 aromatic carbocycles. The second kappa shape index (κ2) is 5.97. The highest BCUT2D eigenvalue weighted by Crippen LogP contribution is 2.34. The topological polar surface area (TPSA) is 88.2 Å². The van der Waals surface area contributed by atoms with Crippen LogP contribution in [0.4, 0.5) is 5.69 Å². The highest BCUT2D eigenvalue weighted by Gasteiger charge is 2.14. The molecule has 0 saturated carbocycles. The fourth-order valence-electron chi connectivity index (χ4n) is 1.43. The molecule has 1 amide bonds. The molecule has 0 spiro atoms. The maximum atomic E-state index is 12.0. The number of hydrogen-bond acceptors (Lipinski definition) is 5. The summed E-state index contributed by atoms with van der Waals surface area (Å²) in [5.74, 6) is -0.620. The lowest BCUT2D eigenvalue weighted by Crippen LogP contribution is -2.13. The van der Waals surface area contributed by atoms with Gasteiger partial charge >= 0.3 is 0 Å². The Morgan fingerprint density at radius 3 is 2.55 bits per heavy atom. The number of benzene rings is 1. The molecule has 106 valence electrons. The Bertz CT molecular complexity index is 635. The fourth-order valence-corrected chi connectivity index (χ4v) is 2.68. The van der Waals surface area contributed by atoms with Crippen LogP contribution in [0, 0.1) is 0 Å². The Labute approximate surface area is 129 Å². The monoisotopic (exact) mass is 331 g/mol. The van der Waals surface area contributed by atoms with Crippen LogP contribution in [-0.2, 0) is 0 Å². The lowest BCUT2D eigenvalue weighted by Gasteiger charge is -2.06. The lowest BCUT2D eigenvalue weighted by atomic mass is 10.3. The summed E-state index contributed by atoms with van der Waals surface area (Å²) in [5.41, 5.74) is 6.33. The first-order valence-electron chi connectivity index (χ1n) is 5.59. The third-order valence-electron chi connectivity index (χ3n) is 2.42. The Balaban J connectivity index is 2.19. The second-order valence-corrected chi connectivity index (χ2v) is 5.81. The van der Waals surface area contributed by atoms with Gasteiger partial charge < -0.3 is 16.2 Å². The quantitative estimate of drug-likeness (QED) is 0.752. The molecule has 1 aromatic heterocycles. The van der Waals surface area contributed by atoms with E-state index in [0.29, 0.717) is 10.7 Å². The van der Waals surface area contributed by atoms with E-state index in [0.717, 1.165) is 0 Å². The van der Waals surface area contributed by atoms with Crippen molar-refractivity contribution in [2.45, 2.75) is 13.0 Å². The lowest BCUT2D eigenvalue weighted by molar-refractivity contribution is 0.102. The van der Waals surface area contributed by atoms with Crippen molar-refractivity contribution in [1.82, 2.24) is 4.98 Å². The summed E-state index contributed by atoms with van der Waals surface area (Å²) in [4.78, 5) is 16.1. The zero-order valence-corrected chi connectivity index (χ0v) is 12.7. The molecular weight excluding hydrogens is 321 g/mol. The van der Waals surface area contributed by atoms with E-state index < -0.39 is 5.91 Å². The van der Waals surface area contributed by atoms with Crippen LogP contribution in [0.5, 0.6) is 5.75 Å². The molecule has 2 rings (SSSR count). The van der Waals surface area contributed by atoms with Crippen molar-refractivity contribution < 1.29 is 9.90 Å². The van der Waals surface area contributed by atoms with E-state index in [2.05, 4.69) is 10.3 Å². The predicted octanol–water partition coefficient (Wildman–Crippen LogP) is 3.43. The third kappa shape index (κ3) is 3.21. The van der Waals surface area contributed by atoms with Crippen molar-refractivity contribution >= 4 is 46.1 Å². The number of aromatic hydroxyl groups is 1. The number of halogens is 2. The molecule has 2 aromatic rings. The molecule has 0 aliphatic heterocycles. The second-order valence-electron chi connectivity index (χ2n) is 4.10. The summed E-state index contributed by atoms with van der Waals surface area (Å²) in [6, 6.07) is 2.58. The Hall–Kier alpha value is -1.34. The maximum Gasteiger partial charge on any atom is 0.275 e. The van der Waals surface area contributed by atoms with Crippen LogP contribution in [0.3, 0.4) is 0 Å². The van der Waals surface area contributed by atoms with E-state index >= 15 is 0 Å². The van der Waals surface area contributed by atoms with Crippen LogP contribution in [0.1, 0.15) is 28.5 Å². The number of anilines is 1. The number of phenols is 1. The number of carbonyl (C=O) groups is 1. The fraction of sp³-hybridized carbons (Fsp3) is 0.167. The highest BCUT2D eigenvalue weighted by atomic mass is 35.5. The molecule has 0 aliphatic carbocycles. The summed E-state index contributed by atoms with van der Waals surface area (Å²) in [5, 5.41) is 14.5. The van der Waals surface area contributed by atoms with Crippen LogP contribution >= 0.6 is 34.5 Å². The van der Waals surface area contributed by atoms with Gasteiger partial charge in [0.05, 0.1) is 16.1 Å². The molecule has 1 atom stereocenters. The number of carbonyl (C=O) groups excluding carboxylic acids is 1. The van der Waals surface area contributed by atoms with Crippen molar-refractivity contribution in [3.8, 4) is 5.75 Å². The van der Waals surface area contributed by atoms with Gasteiger partial charge in [-0.15, -0.1) is 11.3 Å². The van der Waals surface area contributed by atoms with E-state index in [1.807, 2.05) is 0 Å². The Morgan fingerprint density at radius 2 is 2.05 bits per heavy atom. The van der Waals surface area contributed by atoms with Gasteiger partial charge in [-0.1, -0.05) is 23.2 Å². The summed E-state index contributed by atoms with van der Waals surface area (Å²) in [7, 11) is 0. The summed E-state index contributed by atoms with van der Waals surface area (Å²) < 4.78 is 0. The van der Waals surface area contributed by atoms with Crippen molar-refractivity contribution in [1.29, 1.82) is 0 Å². The van der Waals surface area contributed by atoms with Crippen molar-refractivity contribution in [2.24, 2.45) is 5.73 Å². The number of amides is 1. The number of nitrogens with zero attached hydrogens (tertiary/aromatic N) is 1. The van der Waals surface area contributed by atoms with Gasteiger partial charge in [0.15, 0.2) is 5.75 Å². The number of nitrogens with one attached hydrogen (secondary N) is 1. The van der Waals surface area contributed by atoms with Crippen LogP contribution in [0.25, 0.3) is 0 Å². The molecule has 0 aliphatic rings. The summed E-state index contributed by atoms with van der Waals surface area (Å²) >= 11 is 12.9. The Kier molecular flexibility index (Phi) is 4.49. The highest BCUT2D eigenvalue weighted by molar-refractivity contribution is 7.09. The SMILES string of the molecule is CC(N)c1nc(C(=O)Nc2cc(Cl)c(O)c(Cl)c2)cs1. The first-order chi connectivity index (χ1) is 9.38. The number of phenolic OH excluding ortho intramolecular Hbond substituents is 1. The average Bonchev–Trinajstić information content (AvgIpc) is 2.85. The molecular formula is C12H11Cl2N3O2S. The molecule has 5 nitrogen and oxygen atoms in total. The van der Waals surface area contributed by atoms with Gasteiger partial charge in [-0.05, 0) is 19.1 Å².